The third-order valence-corrected chi connectivity index (χ3v) is 0.612. The molecule has 0 aliphatic rings. The number of hydrogen-bond acceptors (Lipinski definition) is 3. The molecular weight excluding hydrogens is 200 g/mol. The van der Waals surface area contributed by atoms with Crippen LogP contribution in [0.4, 0.5) is 0 Å². The SMILES string of the molecule is C=CC(O)NC(O)=S.NC(O)=S. The van der Waals surface area contributed by atoms with Crippen molar-refractivity contribution < 1.29 is 15.3 Å². The van der Waals surface area contributed by atoms with Crippen LogP contribution in [0.1, 0.15) is 0 Å². The lowest BCUT2D eigenvalue weighted by atomic mass is 10.6. The Labute approximate surface area is 80.5 Å². The van der Waals surface area contributed by atoms with Crippen molar-refractivity contribution >= 4 is 34.8 Å². The van der Waals surface area contributed by atoms with Gasteiger partial charge in [-0.2, -0.15) is 0 Å². The molecule has 70 valence electrons. The lowest BCUT2D eigenvalue weighted by molar-refractivity contribution is 0.203. The average Bonchev–Trinajstić information content (AvgIpc) is 1.84. The Balaban J connectivity index is 0. The molecule has 6 N–H and O–H groups in total. The zero-order valence-electron chi connectivity index (χ0n) is 6.10. The van der Waals surface area contributed by atoms with Crippen molar-refractivity contribution in [3.05, 3.63) is 12.7 Å². The van der Waals surface area contributed by atoms with Gasteiger partial charge < -0.3 is 26.4 Å². The Kier molecular flexibility index (Phi) is 9.31. The number of nitrogens with two attached hydrogens (primary N) is 1. The molecule has 0 saturated heterocycles. The fourth-order valence-electron chi connectivity index (χ4n) is 0.185. The van der Waals surface area contributed by atoms with Crippen LogP contribution in [0, 0.1) is 0 Å². The number of thiocarbonyl (C=S) groups is 2. The summed E-state index contributed by atoms with van der Waals surface area (Å²) < 4.78 is 0. The molecular formula is C5H10N2O3S2. The van der Waals surface area contributed by atoms with Crippen molar-refractivity contribution in [3.63, 3.8) is 0 Å². The Morgan fingerprint density at radius 3 is 1.92 bits per heavy atom. The van der Waals surface area contributed by atoms with Crippen LogP contribution in [-0.2, 0) is 0 Å². The van der Waals surface area contributed by atoms with Crippen LogP contribution in [-0.4, -0.2) is 31.9 Å². The second-order valence-corrected chi connectivity index (χ2v) is 2.27. The predicted molar refractivity (Wildman–Crippen MR) is 54.0 cm³/mol. The van der Waals surface area contributed by atoms with Crippen LogP contribution < -0.4 is 11.1 Å². The highest BCUT2D eigenvalue weighted by molar-refractivity contribution is 7.80. The topological polar surface area (TPSA) is 98.7 Å². The summed E-state index contributed by atoms with van der Waals surface area (Å²) in [7, 11) is 0. The maximum absolute atomic E-state index is 8.55. The summed E-state index contributed by atoms with van der Waals surface area (Å²) in [6.07, 6.45) is 0.259. The summed E-state index contributed by atoms with van der Waals surface area (Å²) in [5, 5.41) is 25.6. The smallest absolute Gasteiger partial charge is 0.256 e. The maximum atomic E-state index is 8.55. The van der Waals surface area contributed by atoms with Crippen LogP contribution in [0.15, 0.2) is 12.7 Å². The second-order valence-electron chi connectivity index (χ2n) is 1.47. The normalized spacial score (nSPS) is 10.1. The molecule has 0 aromatic heterocycles. The minimum Gasteiger partial charge on any atom is -0.487 e. The molecule has 0 saturated carbocycles. The van der Waals surface area contributed by atoms with Gasteiger partial charge in [0.1, 0.15) is 6.23 Å². The molecule has 12 heavy (non-hydrogen) atoms. The summed E-state index contributed by atoms with van der Waals surface area (Å²) >= 11 is 8.05. The van der Waals surface area contributed by atoms with E-state index in [1.165, 1.54) is 6.08 Å². The van der Waals surface area contributed by atoms with Gasteiger partial charge in [0, 0.05) is 0 Å². The van der Waals surface area contributed by atoms with E-state index in [2.05, 4.69) is 42.1 Å². The minimum absolute atomic E-state index is 0.433. The quantitative estimate of drug-likeness (QED) is 0.243. The monoisotopic (exact) mass is 210 g/mol. The molecule has 7 heteroatoms. The number of aliphatic hydroxyl groups is 3. The second kappa shape index (κ2) is 8.18. The van der Waals surface area contributed by atoms with Crippen molar-refractivity contribution in [1.29, 1.82) is 0 Å². The summed E-state index contributed by atoms with van der Waals surface area (Å²) in [6.45, 7) is 3.23. The van der Waals surface area contributed by atoms with Gasteiger partial charge in [-0.05, 0) is 30.5 Å². The van der Waals surface area contributed by atoms with E-state index in [4.69, 9.17) is 15.3 Å². The van der Waals surface area contributed by atoms with Gasteiger partial charge in [-0.25, -0.2) is 0 Å². The van der Waals surface area contributed by atoms with Gasteiger partial charge >= 0.3 is 0 Å². The van der Waals surface area contributed by atoms with Gasteiger partial charge in [-0.15, -0.1) is 0 Å². The molecule has 0 amide bonds. The summed E-state index contributed by atoms with van der Waals surface area (Å²) in [5.41, 5.74) is 4.40. The van der Waals surface area contributed by atoms with Crippen molar-refractivity contribution in [3.8, 4) is 0 Å². The number of rotatable bonds is 2. The molecule has 0 aromatic carbocycles. The fraction of sp³-hybridized carbons (Fsp3) is 0.200. The zero-order chi connectivity index (χ0) is 10.1. The van der Waals surface area contributed by atoms with E-state index in [9.17, 15) is 0 Å². The molecule has 1 atom stereocenters. The maximum Gasteiger partial charge on any atom is 0.256 e. The molecule has 0 aliphatic heterocycles. The first-order chi connectivity index (χ1) is 5.40. The van der Waals surface area contributed by atoms with E-state index >= 15 is 0 Å². The van der Waals surface area contributed by atoms with Crippen molar-refractivity contribution in [2.24, 2.45) is 5.73 Å². The molecule has 0 radical (unpaired) electrons. The predicted octanol–water partition coefficient (Wildman–Crippen LogP) is -0.289. The first-order valence-corrected chi connectivity index (χ1v) is 3.50. The fourth-order valence-corrected chi connectivity index (χ4v) is 0.306. The van der Waals surface area contributed by atoms with Gasteiger partial charge in [0.15, 0.2) is 0 Å². The first-order valence-electron chi connectivity index (χ1n) is 2.68. The van der Waals surface area contributed by atoms with Crippen LogP contribution in [0.5, 0.6) is 0 Å². The van der Waals surface area contributed by atoms with Crippen LogP contribution in [0.3, 0.4) is 0 Å². The van der Waals surface area contributed by atoms with Crippen LogP contribution in [0.2, 0.25) is 0 Å². The van der Waals surface area contributed by atoms with E-state index in [1.807, 2.05) is 0 Å². The summed E-state index contributed by atoms with van der Waals surface area (Å²) in [5.74, 6) is 0. The highest BCUT2D eigenvalue weighted by Gasteiger charge is 1.94. The standard InChI is InChI=1S/C4H7NO2S.CH3NOS/c1-2-3(6)5-4(7)8;2-1(3)4/h2-3,6H,1H2,(H2,5,7,8);(H3,2,3,4). The molecule has 5 nitrogen and oxygen atoms in total. The Bertz CT molecular complexity index is 170. The average molecular weight is 210 g/mol. The molecule has 0 aromatic rings. The molecule has 0 fully saturated rings. The molecule has 0 bridgehead atoms. The number of nitrogens with one attached hydrogen (secondary N) is 1. The van der Waals surface area contributed by atoms with E-state index in [0.717, 1.165) is 0 Å². The lowest BCUT2D eigenvalue weighted by Gasteiger charge is -2.03. The highest BCUT2D eigenvalue weighted by atomic mass is 32.1. The number of aliphatic hydroxyl groups excluding tert-OH is 3. The Hall–Kier alpha value is -0.920. The van der Waals surface area contributed by atoms with Crippen LogP contribution in [0.25, 0.3) is 0 Å². The Morgan fingerprint density at radius 2 is 1.83 bits per heavy atom. The van der Waals surface area contributed by atoms with Crippen molar-refractivity contribution in [2.45, 2.75) is 6.23 Å². The van der Waals surface area contributed by atoms with Gasteiger partial charge in [0.05, 0.1) is 0 Å². The van der Waals surface area contributed by atoms with Gasteiger partial charge in [0.25, 0.3) is 10.3 Å². The van der Waals surface area contributed by atoms with E-state index in [-0.39, 0.29) is 0 Å². The zero-order valence-corrected chi connectivity index (χ0v) is 7.73. The van der Waals surface area contributed by atoms with Gasteiger partial charge in [0.2, 0.25) is 0 Å². The van der Waals surface area contributed by atoms with Crippen LogP contribution >= 0.6 is 24.4 Å². The number of hydrogen-bond donors (Lipinski definition) is 5. The third kappa shape index (κ3) is 23.0. The summed E-state index contributed by atoms with van der Waals surface area (Å²) in [6, 6.07) is 0. The van der Waals surface area contributed by atoms with Gasteiger partial charge in [-0.1, -0.05) is 6.58 Å². The van der Waals surface area contributed by atoms with E-state index < -0.39 is 16.6 Å². The molecule has 0 rings (SSSR count). The lowest BCUT2D eigenvalue weighted by Crippen LogP contribution is -2.30. The van der Waals surface area contributed by atoms with Gasteiger partial charge in [-0.3, -0.25) is 0 Å². The van der Waals surface area contributed by atoms with Crippen molar-refractivity contribution in [1.82, 2.24) is 5.32 Å². The molecule has 0 aliphatic carbocycles. The molecule has 1 unspecified atom stereocenters. The molecule has 0 heterocycles. The van der Waals surface area contributed by atoms with Crippen molar-refractivity contribution in [2.75, 3.05) is 0 Å². The summed E-state index contributed by atoms with van der Waals surface area (Å²) in [4.78, 5) is 0. The highest BCUT2D eigenvalue weighted by Crippen LogP contribution is 1.74. The third-order valence-electron chi connectivity index (χ3n) is 0.495. The van der Waals surface area contributed by atoms with E-state index in [1.54, 1.807) is 0 Å². The minimum atomic E-state index is -0.951. The molecule has 0 spiro atoms. The first kappa shape index (κ1) is 13.7. The Morgan fingerprint density at radius 1 is 1.50 bits per heavy atom. The largest absolute Gasteiger partial charge is 0.487 e. The van der Waals surface area contributed by atoms with E-state index in [0.29, 0.717) is 0 Å².